The van der Waals surface area contributed by atoms with Gasteiger partial charge in [0.1, 0.15) is 5.76 Å². The van der Waals surface area contributed by atoms with E-state index in [-0.39, 0.29) is 11.9 Å². The zero-order valence-corrected chi connectivity index (χ0v) is 17.2. The van der Waals surface area contributed by atoms with Crippen molar-refractivity contribution in [2.75, 3.05) is 19.6 Å². The quantitative estimate of drug-likeness (QED) is 0.506. The molecule has 0 aliphatic carbocycles. The molecule has 1 saturated heterocycles. The summed E-state index contributed by atoms with van der Waals surface area (Å²) in [4.78, 5) is 24.6. The Morgan fingerprint density at radius 2 is 1.97 bits per heavy atom. The number of carbonyl (C=O) groups is 1. The summed E-state index contributed by atoms with van der Waals surface area (Å²) in [6.07, 6.45) is 7.53. The fraction of sp³-hybridized carbons (Fsp3) is 0.240. The number of nitrogens with zero attached hydrogens (tertiary/aromatic N) is 3. The van der Waals surface area contributed by atoms with Gasteiger partial charge < -0.3 is 9.73 Å². The number of hydrogen-bond acceptors (Lipinski definition) is 5. The summed E-state index contributed by atoms with van der Waals surface area (Å²) in [6.45, 7) is 2.53. The molecule has 6 nitrogen and oxygen atoms in total. The van der Waals surface area contributed by atoms with Gasteiger partial charge in [-0.05, 0) is 62.3 Å². The Hall–Kier alpha value is -3.51. The van der Waals surface area contributed by atoms with Crippen LogP contribution in [0.25, 0.3) is 22.2 Å². The van der Waals surface area contributed by atoms with E-state index in [0.717, 1.165) is 41.0 Å². The fourth-order valence-corrected chi connectivity index (χ4v) is 4.25. The van der Waals surface area contributed by atoms with Crippen molar-refractivity contribution in [2.45, 2.75) is 18.9 Å². The Kier molecular flexibility index (Phi) is 5.46. The van der Waals surface area contributed by atoms with Gasteiger partial charge in [-0.1, -0.05) is 18.2 Å². The third-order valence-corrected chi connectivity index (χ3v) is 5.83. The van der Waals surface area contributed by atoms with Crippen molar-refractivity contribution in [3.8, 4) is 11.3 Å². The van der Waals surface area contributed by atoms with Crippen molar-refractivity contribution in [3.05, 3.63) is 84.6 Å². The first-order chi connectivity index (χ1) is 15.3. The lowest BCUT2D eigenvalue weighted by Crippen LogP contribution is -2.36. The first kappa shape index (κ1) is 19.5. The molecule has 0 radical (unpaired) electrons. The summed E-state index contributed by atoms with van der Waals surface area (Å²) in [6, 6.07) is 17.3. The third kappa shape index (κ3) is 4.07. The normalized spacial score (nSPS) is 15.2. The molecule has 1 N–H and O–H groups in total. The minimum atomic E-state index is -0.112. The minimum absolute atomic E-state index is 0.0346. The molecule has 0 spiro atoms. The average Bonchev–Trinajstić information content (AvgIpc) is 3.54. The van der Waals surface area contributed by atoms with Crippen LogP contribution in [0.2, 0.25) is 0 Å². The molecular formula is C25H24N4O2. The van der Waals surface area contributed by atoms with Crippen LogP contribution in [0.3, 0.4) is 0 Å². The molecule has 156 valence electrons. The lowest BCUT2D eigenvalue weighted by molar-refractivity contribution is 0.0935. The average molecular weight is 412 g/mol. The second kappa shape index (κ2) is 8.70. The number of benzene rings is 1. The number of hydrogen-bond donors (Lipinski definition) is 1. The molecule has 5 rings (SSSR count). The summed E-state index contributed by atoms with van der Waals surface area (Å²) in [5.74, 6) is 0.775. The molecule has 0 bridgehead atoms. The highest BCUT2D eigenvalue weighted by atomic mass is 16.3. The van der Waals surface area contributed by atoms with Crippen LogP contribution in [0.4, 0.5) is 0 Å². The van der Waals surface area contributed by atoms with Crippen LogP contribution < -0.4 is 5.32 Å². The third-order valence-electron chi connectivity index (χ3n) is 5.83. The van der Waals surface area contributed by atoms with E-state index in [0.29, 0.717) is 12.1 Å². The topological polar surface area (TPSA) is 71.3 Å². The summed E-state index contributed by atoms with van der Waals surface area (Å²) in [5.41, 5.74) is 3.02. The number of para-hydroxylation sites is 1. The highest BCUT2D eigenvalue weighted by molar-refractivity contribution is 6.07. The van der Waals surface area contributed by atoms with Crippen molar-refractivity contribution in [1.82, 2.24) is 20.2 Å². The van der Waals surface area contributed by atoms with Crippen molar-refractivity contribution in [1.29, 1.82) is 0 Å². The van der Waals surface area contributed by atoms with Gasteiger partial charge in [-0.25, -0.2) is 4.98 Å². The molecule has 4 aromatic rings. The number of nitrogens with one attached hydrogen (secondary N) is 1. The van der Waals surface area contributed by atoms with E-state index in [9.17, 15) is 4.79 Å². The highest BCUT2D eigenvalue weighted by Gasteiger charge is 2.26. The van der Waals surface area contributed by atoms with Gasteiger partial charge in [-0.3, -0.25) is 14.7 Å². The SMILES string of the molecule is O=C(NC[C@H](c1ccco1)N1CCCC1)c1cc(-c2cccnc2)nc2ccccc12. The molecule has 31 heavy (non-hydrogen) atoms. The van der Waals surface area contributed by atoms with Crippen LogP contribution in [0.5, 0.6) is 0 Å². The fourth-order valence-electron chi connectivity index (χ4n) is 4.25. The first-order valence-corrected chi connectivity index (χ1v) is 10.7. The van der Waals surface area contributed by atoms with Gasteiger partial charge in [0, 0.05) is 29.9 Å². The van der Waals surface area contributed by atoms with E-state index in [2.05, 4.69) is 15.2 Å². The van der Waals surface area contributed by atoms with Gasteiger partial charge in [0.15, 0.2) is 0 Å². The largest absolute Gasteiger partial charge is 0.468 e. The van der Waals surface area contributed by atoms with Gasteiger partial charge in [-0.2, -0.15) is 0 Å². The van der Waals surface area contributed by atoms with Crippen LogP contribution in [-0.4, -0.2) is 40.4 Å². The van der Waals surface area contributed by atoms with Crippen LogP contribution in [0, 0.1) is 0 Å². The van der Waals surface area contributed by atoms with Crippen molar-refractivity contribution < 1.29 is 9.21 Å². The van der Waals surface area contributed by atoms with E-state index in [1.165, 1.54) is 12.8 Å². The molecular weight excluding hydrogens is 388 g/mol. The summed E-state index contributed by atoms with van der Waals surface area (Å²) < 4.78 is 5.68. The lowest BCUT2D eigenvalue weighted by atomic mass is 10.0. The van der Waals surface area contributed by atoms with E-state index in [1.54, 1.807) is 18.7 Å². The van der Waals surface area contributed by atoms with Gasteiger partial charge in [0.05, 0.1) is 29.1 Å². The summed E-state index contributed by atoms with van der Waals surface area (Å²) in [5, 5.41) is 3.99. The maximum atomic E-state index is 13.3. The molecule has 4 heterocycles. The smallest absolute Gasteiger partial charge is 0.252 e. The zero-order chi connectivity index (χ0) is 21.0. The highest BCUT2D eigenvalue weighted by Crippen LogP contribution is 2.27. The van der Waals surface area contributed by atoms with E-state index >= 15 is 0 Å². The predicted molar refractivity (Wildman–Crippen MR) is 120 cm³/mol. The lowest BCUT2D eigenvalue weighted by Gasteiger charge is -2.26. The number of rotatable bonds is 6. The Morgan fingerprint density at radius 1 is 1.10 bits per heavy atom. The van der Waals surface area contributed by atoms with E-state index in [1.807, 2.05) is 54.6 Å². The van der Waals surface area contributed by atoms with Crippen LogP contribution in [-0.2, 0) is 0 Å². The Bertz CT molecular complexity index is 1170. The first-order valence-electron chi connectivity index (χ1n) is 10.7. The number of aromatic nitrogens is 2. The molecule has 1 aliphatic heterocycles. The standard InChI is InChI=1S/C25H24N4O2/c30-25(27-17-23(24-10-6-14-31-24)29-12-3-4-13-29)20-15-22(18-7-5-11-26-16-18)28-21-9-2-1-8-19(20)21/h1-2,5-11,14-16,23H,3-4,12-13,17H2,(H,27,30)/t23-/m1/s1. The van der Waals surface area contributed by atoms with Crippen LogP contribution >= 0.6 is 0 Å². The van der Waals surface area contributed by atoms with Crippen molar-refractivity contribution >= 4 is 16.8 Å². The second-order valence-electron chi connectivity index (χ2n) is 7.80. The van der Waals surface area contributed by atoms with E-state index in [4.69, 9.17) is 9.40 Å². The van der Waals surface area contributed by atoms with Crippen molar-refractivity contribution in [2.24, 2.45) is 0 Å². The molecule has 1 amide bonds. The number of pyridine rings is 2. The Labute approximate surface area is 180 Å². The Morgan fingerprint density at radius 3 is 2.74 bits per heavy atom. The zero-order valence-electron chi connectivity index (χ0n) is 17.2. The van der Waals surface area contributed by atoms with Crippen LogP contribution in [0.15, 0.2) is 77.7 Å². The molecule has 0 unspecified atom stereocenters. The van der Waals surface area contributed by atoms with Gasteiger partial charge in [0.2, 0.25) is 0 Å². The number of likely N-dealkylation sites (tertiary alicyclic amines) is 1. The number of fused-ring (bicyclic) bond motifs is 1. The molecule has 1 aliphatic rings. The van der Waals surface area contributed by atoms with Crippen molar-refractivity contribution in [3.63, 3.8) is 0 Å². The van der Waals surface area contributed by atoms with Crippen LogP contribution in [0.1, 0.15) is 35.0 Å². The maximum absolute atomic E-state index is 13.3. The Balaban J connectivity index is 1.45. The number of furan rings is 1. The minimum Gasteiger partial charge on any atom is -0.468 e. The second-order valence-corrected chi connectivity index (χ2v) is 7.80. The molecule has 1 fully saturated rings. The molecule has 3 aromatic heterocycles. The summed E-state index contributed by atoms with van der Waals surface area (Å²) in [7, 11) is 0. The number of amides is 1. The predicted octanol–water partition coefficient (Wildman–Crippen LogP) is 4.46. The maximum Gasteiger partial charge on any atom is 0.252 e. The molecule has 0 saturated carbocycles. The van der Waals surface area contributed by atoms with Gasteiger partial charge >= 0.3 is 0 Å². The number of carbonyl (C=O) groups excluding carboxylic acids is 1. The van der Waals surface area contributed by atoms with Gasteiger partial charge in [0.25, 0.3) is 5.91 Å². The summed E-state index contributed by atoms with van der Waals surface area (Å²) >= 11 is 0. The van der Waals surface area contributed by atoms with Gasteiger partial charge in [-0.15, -0.1) is 0 Å². The van der Waals surface area contributed by atoms with E-state index < -0.39 is 0 Å². The monoisotopic (exact) mass is 412 g/mol. The molecule has 6 heteroatoms. The molecule has 1 atom stereocenters. The molecule has 1 aromatic carbocycles.